The van der Waals surface area contributed by atoms with Crippen molar-refractivity contribution in [2.75, 3.05) is 5.75 Å². The second-order valence-corrected chi connectivity index (χ2v) is 7.87. The molecule has 1 rings (SSSR count). The minimum absolute atomic E-state index is 0.116. The summed E-state index contributed by atoms with van der Waals surface area (Å²) in [5, 5.41) is 10.8. The van der Waals surface area contributed by atoms with E-state index in [-0.39, 0.29) is 12.2 Å². The van der Waals surface area contributed by atoms with Crippen LogP contribution in [0.2, 0.25) is 5.02 Å². The van der Waals surface area contributed by atoms with E-state index in [1.54, 1.807) is 31.2 Å². The smallest absolute Gasteiger partial charge is 0.175 e. The van der Waals surface area contributed by atoms with Crippen LogP contribution in [0.15, 0.2) is 24.3 Å². The van der Waals surface area contributed by atoms with Crippen LogP contribution < -0.4 is 0 Å². The summed E-state index contributed by atoms with van der Waals surface area (Å²) in [7, 11) is -3.58. The van der Waals surface area contributed by atoms with Crippen molar-refractivity contribution in [2.45, 2.75) is 30.6 Å². The maximum Gasteiger partial charge on any atom is 0.175 e. The summed E-state index contributed by atoms with van der Waals surface area (Å²) in [4.78, 5) is 0. The Hall–Kier alpha value is -0.290. The van der Waals surface area contributed by atoms with Gasteiger partial charge in [0.2, 0.25) is 0 Å². The highest BCUT2D eigenvalue weighted by atomic mass is 35.5. The topological polar surface area (TPSA) is 54.4 Å². The van der Waals surface area contributed by atoms with E-state index < -0.39 is 20.1 Å². The quantitative estimate of drug-likeness (QED) is 0.850. The van der Waals surface area contributed by atoms with Gasteiger partial charge in [0.15, 0.2) is 14.0 Å². The molecule has 3 nitrogen and oxygen atoms in total. The predicted molar refractivity (Wildman–Crippen MR) is 74.7 cm³/mol. The van der Waals surface area contributed by atoms with Gasteiger partial charge in [0.1, 0.15) is 6.10 Å². The van der Waals surface area contributed by atoms with Gasteiger partial charge in [-0.3, -0.25) is 0 Å². The third-order valence-corrected chi connectivity index (χ3v) is 6.71. The van der Waals surface area contributed by atoms with E-state index in [9.17, 15) is 13.5 Å². The molecule has 0 amide bonds. The zero-order valence-electron chi connectivity index (χ0n) is 10.2. The molecule has 0 radical (unpaired) electrons. The molecule has 0 heterocycles. The van der Waals surface area contributed by atoms with Crippen LogP contribution in [0.3, 0.4) is 0 Å². The van der Waals surface area contributed by atoms with E-state index in [1.165, 1.54) is 6.92 Å². The SMILES string of the molecule is CC[C@](Cl)([C@H](O)c1ccc(Cl)cc1)S(=O)(=O)CC. The lowest BCUT2D eigenvalue weighted by atomic mass is 10.0. The molecule has 6 heteroatoms. The maximum atomic E-state index is 12.0. The Morgan fingerprint density at radius 3 is 2.17 bits per heavy atom. The number of sulfone groups is 1. The lowest BCUT2D eigenvalue weighted by molar-refractivity contribution is 0.154. The molecule has 0 saturated heterocycles. The van der Waals surface area contributed by atoms with Gasteiger partial charge < -0.3 is 5.11 Å². The highest BCUT2D eigenvalue weighted by Crippen LogP contribution is 2.40. The van der Waals surface area contributed by atoms with Gasteiger partial charge in [0.05, 0.1) is 0 Å². The lowest BCUT2D eigenvalue weighted by Crippen LogP contribution is -2.39. The van der Waals surface area contributed by atoms with Crippen molar-refractivity contribution in [2.24, 2.45) is 0 Å². The van der Waals surface area contributed by atoms with Gasteiger partial charge in [-0.25, -0.2) is 8.42 Å². The summed E-state index contributed by atoms with van der Waals surface area (Å²) >= 11 is 11.9. The molecule has 0 aliphatic rings. The van der Waals surface area contributed by atoms with Crippen molar-refractivity contribution in [3.05, 3.63) is 34.9 Å². The van der Waals surface area contributed by atoms with E-state index in [4.69, 9.17) is 23.2 Å². The van der Waals surface area contributed by atoms with Crippen molar-refractivity contribution in [1.82, 2.24) is 0 Å². The third-order valence-electron chi connectivity index (χ3n) is 2.97. The standard InChI is InChI=1S/C12H16Cl2O3S/c1-3-12(14,18(16,17)4-2)11(15)9-5-7-10(13)8-6-9/h5-8,11,15H,3-4H2,1-2H3/t11-,12-/m1/s1. The average molecular weight is 311 g/mol. The summed E-state index contributed by atoms with van der Waals surface area (Å²) in [6, 6.07) is 6.33. The highest BCUT2D eigenvalue weighted by Gasteiger charge is 2.46. The van der Waals surface area contributed by atoms with Crippen molar-refractivity contribution in [1.29, 1.82) is 0 Å². The maximum absolute atomic E-state index is 12.0. The van der Waals surface area contributed by atoms with Gasteiger partial charge in [-0.1, -0.05) is 49.2 Å². The third kappa shape index (κ3) is 2.82. The Morgan fingerprint density at radius 1 is 1.28 bits per heavy atom. The van der Waals surface area contributed by atoms with Crippen LogP contribution in [0.25, 0.3) is 0 Å². The van der Waals surface area contributed by atoms with Crippen LogP contribution in [0.1, 0.15) is 31.9 Å². The second kappa shape index (κ2) is 5.78. The molecule has 1 N–H and O–H groups in total. The van der Waals surface area contributed by atoms with Gasteiger partial charge in [0.25, 0.3) is 0 Å². The summed E-state index contributed by atoms with van der Waals surface area (Å²) in [6.07, 6.45) is -1.17. The molecular weight excluding hydrogens is 295 g/mol. The molecule has 0 unspecified atom stereocenters. The van der Waals surface area contributed by atoms with Crippen molar-refractivity contribution in [3.8, 4) is 0 Å². The van der Waals surface area contributed by atoms with Crippen LogP contribution in [-0.4, -0.2) is 23.5 Å². The van der Waals surface area contributed by atoms with Crippen molar-refractivity contribution >= 4 is 33.0 Å². The largest absolute Gasteiger partial charge is 0.385 e. The van der Waals surface area contributed by atoms with E-state index in [0.717, 1.165) is 0 Å². The summed E-state index contributed by atoms with van der Waals surface area (Å²) in [5.41, 5.74) is 0.438. The first-order valence-corrected chi connectivity index (χ1v) is 8.04. The minimum atomic E-state index is -3.58. The Balaban J connectivity index is 3.21. The molecule has 1 aromatic carbocycles. The molecule has 0 aromatic heterocycles. The van der Waals surface area contributed by atoms with Gasteiger partial charge >= 0.3 is 0 Å². The minimum Gasteiger partial charge on any atom is -0.385 e. The Morgan fingerprint density at radius 2 is 1.78 bits per heavy atom. The van der Waals surface area contributed by atoms with E-state index >= 15 is 0 Å². The normalized spacial score (nSPS) is 17.2. The van der Waals surface area contributed by atoms with Gasteiger partial charge in [-0.15, -0.1) is 0 Å². The van der Waals surface area contributed by atoms with Crippen molar-refractivity contribution in [3.63, 3.8) is 0 Å². The fraction of sp³-hybridized carbons (Fsp3) is 0.500. The van der Waals surface area contributed by atoms with Crippen LogP contribution in [0.5, 0.6) is 0 Å². The van der Waals surface area contributed by atoms with Crippen LogP contribution in [-0.2, 0) is 9.84 Å². The number of halogens is 2. The fourth-order valence-corrected chi connectivity index (χ4v) is 3.69. The second-order valence-electron chi connectivity index (χ2n) is 4.00. The molecule has 18 heavy (non-hydrogen) atoms. The molecule has 2 atom stereocenters. The molecule has 0 aliphatic heterocycles. The zero-order valence-corrected chi connectivity index (χ0v) is 12.6. The molecule has 0 bridgehead atoms. The summed E-state index contributed by atoms with van der Waals surface area (Å²) in [5.74, 6) is -0.116. The molecule has 1 aromatic rings. The number of aliphatic hydroxyl groups excluding tert-OH is 1. The first kappa shape index (κ1) is 15.8. The molecule has 0 saturated carbocycles. The number of aliphatic hydroxyl groups is 1. The Kier molecular flexibility index (Phi) is 5.06. The summed E-state index contributed by atoms with van der Waals surface area (Å²) < 4.78 is 22.3. The number of hydrogen-bond donors (Lipinski definition) is 1. The van der Waals surface area contributed by atoms with Gasteiger partial charge in [-0.05, 0) is 24.1 Å². The number of benzene rings is 1. The van der Waals surface area contributed by atoms with E-state index in [0.29, 0.717) is 10.6 Å². The summed E-state index contributed by atoms with van der Waals surface area (Å²) in [6.45, 7) is 3.15. The van der Waals surface area contributed by atoms with Gasteiger partial charge in [-0.2, -0.15) is 0 Å². The lowest BCUT2D eigenvalue weighted by Gasteiger charge is -2.30. The van der Waals surface area contributed by atoms with Crippen LogP contribution in [0.4, 0.5) is 0 Å². The Labute approximate surface area is 118 Å². The van der Waals surface area contributed by atoms with Crippen molar-refractivity contribution < 1.29 is 13.5 Å². The van der Waals surface area contributed by atoms with Gasteiger partial charge in [0, 0.05) is 10.8 Å². The molecular formula is C12H16Cl2O3S. The molecule has 0 spiro atoms. The Bertz CT molecular complexity index is 499. The van der Waals surface area contributed by atoms with E-state index in [2.05, 4.69) is 0 Å². The van der Waals surface area contributed by atoms with E-state index in [1.807, 2.05) is 0 Å². The number of hydrogen-bond acceptors (Lipinski definition) is 3. The zero-order chi connectivity index (χ0) is 14.0. The first-order chi connectivity index (χ1) is 8.28. The van der Waals surface area contributed by atoms with Crippen LogP contribution >= 0.6 is 23.2 Å². The average Bonchev–Trinajstić information content (AvgIpc) is 2.37. The molecule has 102 valence electrons. The fourth-order valence-electron chi connectivity index (χ4n) is 1.72. The number of alkyl halides is 1. The first-order valence-electron chi connectivity index (χ1n) is 5.63. The monoisotopic (exact) mass is 310 g/mol. The predicted octanol–water partition coefficient (Wildman–Crippen LogP) is 3.15. The highest BCUT2D eigenvalue weighted by molar-refractivity contribution is 7.94. The molecule has 0 fully saturated rings. The molecule has 0 aliphatic carbocycles. The number of rotatable bonds is 5. The van der Waals surface area contributed by atoms with Crippen LogP contribution in [0, 0.1) is 0 Å².